The molecule has 7 nitrogen and oxygen atoms in total. The fourth-order valence-electron chi connectivity index (χ4n) is 4.88. The van der Waals surface area contributed by atoms with Crippen LogP contribution in [0.4, 0.5) is 0 Å². The average Bonchev–Trinajstić information content (AvgIpc) is 2.84. The molecule has 34 heavy (non-hydrogen) atoms. The van der Waals surface area contributed by atoms with Crippen molar-refractivity contribution in [3.8, 4) is 5.75 Å². The zero-order valence-electron chi connectivity index (χ0n) is 19.3. The summed E-state index contributed by atoms with van der Waals surface area (Å²) in [4.78, 5) is 27.1. The standard InChI is InChI=1S/C26H31ClN2O5/c1-18(19-7-9-20(10-8-19)24(30)31)28-25(32)26(11-14-33-15-12-26)29-13-3-6-23(17-29)34-22-5-2-4-21(27)16-22/h2,4-5,7-10,16,18,23H,3,6,11-15,17H2,1H3,(H,28,32)(H,30,31)/t18-,23-/m0/s1. The van der Waals surface area contributed by atoms with Gasteiger partial charge in [0.1, 0.15) is 17.4 Å². The maximum absolute atomic E-state index is 13.7. The third-order valence-corrected chi connectivity index (χ3v) is 7.07. The molecule has 0 spiro atoms. The molecule has 2 N–H and O–H groups in total. The van der Waals surface area contributed by atoms with Crippen molar-refractivity contribution >= 4 is 23.5 Å². The van der Waals surface area contributed by atoms with Crippen molar-refractivity contribution in [1.29, 1.82) is 0 Å². The van der Waals surface area contributed by atoms with Crippen LogP contribution in [-0.4, -0.2) is 59.8 Å². The van der Waals surface area contributed by atoms with Gasteiger partial charge < -0.3 is 19.9 Å². The highest BCUT2D eigenvalue weighted by Gasteiger charge is 2.47. The van der Waals surface area contributed by atoms with Gasteiger partial charge in [0.05, 0.1) is 11.6 Å². The molecule has 2 aromatic carbocycles. The number of rotatable bonds is 7. The molecule has 2 aliphatic rings. The lowest BCUT2D eigenvalue weighted by Gasteiger charge is -2.48. The summed E-state index contributed by atoms with van der Waals surface area (Å²) in [6.07, 6.45) is 3.07. The van der Waals surface area contributed by atoms with Crippen molar-refractivity contribution in [3.05, 3.63) is 64.7 Å². The Morgan fingerprint density at radius 3 is 2.62 bits per heavy atom. The van der Waals surface area contributed by atoms with Crippen molar-refractivity contribution in [3.63, 3.8) is 0 Å². The van der Waals surface area contributed by atoms with Gasteiger partial charge in [0.25, 0.3) is 0 Å². The number of ether oxygens (including phenoxy) is 2. The number of carboxylic acid groups (broad SMARTS) is 1. The Kier molecular flexibility index (Phi) is 7.76. The third kappa shape index (κ3) is 5.54. The smallest absolute Gasteiger partial charge is 0.335 e. The number of amides is 1. The number of likely N-dealkylation sites (tertiary alicyclic amines) is 1. The molecule has 2 saturated heterocycles. The lowest BCUT2D eigenvalue weighted by molar-refractivity contribution is -0.144. The number of benzene rings is 2. The molecule has 182 valence electrons. The van der Waals surface area contributed by atoms with Crippen molar-refractivity contribution in [2.24, 2.45) is 0 Å². The van der Waals surface area contributed by atoms with E-state index in [1.165, 1.54) is 0 Å². The predicted octanol–water partition coefficient (Wildman–Crippen LogP) is 4.31. The maximum atomic E-state index is 13.7. The van der Waals surface area contributed by atoms with E-state index in [1.807, 2.05) is 31.2 Å². The zero-order chi connectivity index (χ0) is 24.1. The lowest BCUT2D eigenvalue weighted by Crippen LogP contribution is -2.64. The van der Waals surface area contributed by atoms with E-state index in [1.54, 1.807) is 24.3 Å². The first kappa shape index (κ1) is 24.5. The Labute approximate surface area is 205 Å². The Morgan fingerprint density at radius 1 is 1.21 bits per heavy atom. The number of nitrogens with one attached hydrogen (secondary N) is 1. The van der Waals surface area contributed by atoms with Crippen LogP contribution < -0.4 is 10.1 Å². The number of hydrogen-bond donors (Lipinski definition) is 2. The van der Waals surface area contributed by atoms with Crippen LogP contribution in [0.3, 0.4) is 0 Å². The van der Waals surface area contributed by atoms with Gasteiger partial charge in [0, 0.05) is 24.8 Å². The van der Waals surface area contributed by atoms with Crippen molar-refractivity contribution in [1.82, 2.24) is 10.2 Å². The number of carbonyl (C=O) groups is 2. The van der Waals surface area contributed by atoms with Gasteiger partial charge >= 0.3 is 5.97 Å². The Bertz CT molecular complexity index is 1010. The quantitative estimate of drug-likeness (QED) is 0.606. The van der Waals surface area contributed by atoms with E-state index in [4.69, 9.17) is 26.2 Å². The van der Waals surface area contributed by atoms with Crippen molar-refractivity contribution < 1.29 is 24.2 Å². The van der Waals surface area contributed by atoms with Gasteiger partial charge in [0.2, 0.25) is 5.91 Å². The summed E-state index contributed by atoms with van der Waals surface area (Å²) in [6, 6.07) is 13.8. The van der Waals surface area contributed by atoms with E-state index >= 15 is 0 Å². The van der Waals surface area contributed by atoms with E-state index in [2.05, 4.69) is 10.2 Å². The number of aromatic carboxylic acids is 1. The van der Waals surface area contributed by atoms with Crippen LogP contribution in [-0.2, 0) is 9.53 Å². The summed E-state index contributed by atoms with van der Waals surface area (Å²) in [5.74, 6) is -0.249. The minimum absolute atomic E-state index is 0.0194. The number of piperidine rings is 1. The van der Waals surface area contributed by atoms with Gasteiger partial charge in [-0.2, -0.15) is 0 Å². The van der Waals surface area contributed by atoms with Gasteiger partial charge in [-0.1, -0.05) is 29.8 Å². The Balaban J connectivity index is 1.48. The summed E-state index contributed by atoms with van der Waals surface area (Å²) < 4.78 is 11.8. The lowest BCUT2D eigenvalue weighted by atomic mass is 9.84. The molecule has 0 unspecified atom stereocenters. The summed E-state index contributed by atoms with van der Waals surface area (Å²) in [7, 11) is 0. The molecule has 8 heteroatoms. The Hall–Kier alpha value is -2.61. The Morgan fingerprint density at radius 2 is 1.94 bits per heavy atom. The first-order valence-corrected chi connectivity index (χ1v) is 12.1. The van der Waals surface area contributed by atoms with E-state index in [-0.39, 0.29) is 23.6 Å². The molecule has 0 saturated carbocycles. The zero-order valence-corrected chi connectivity index (χ0v) is 20.1. The molecule has 1 amide bonds. The van der Waals surface area contributed by atoms with Gasteiger partial charge in [-0.15, -0.1) is 0 Å². The molecule has 0 aliphatic carbocycles. The molecule has 0 radical (unpaired) electrons. The monoisotopic (exact) mass is 486 g/mol. The van der Waals surface area contributed by atoms with Crippen LogP contribution >= 0.6 is 11.6 Å². The van der Waals surface area contributed by atoms with Crippen LogP contribution in [0.2, 0.25) is 5.02 Å². The molecule has 2 atom stereocenters. The highest BCUT2D eigenvalue weighted by molar-refractivity contribution is 6.30. The minimum Gasteiger partial charge on any atom is -0.489 e. The van der Waals surface area contributed by atoms with Crippen molar-refractivity contribution in [2.45, 2.75) is 50.3 Å². The second kappa shape index (κ2) is 10.8. The predicted molar refractivity (Wildman–Crippen MR) is 129 cm³/mol. The van der Waals surface area contributed by atoms with E-state index in [9.17, 15) is 9.59 Å². The molecule has 2 fully saturated rings. The highest BCUT2D eigenvalue weighted by atomic mass is 35.5. The molecule has 2 aliphatic heterocycles. The molecule has 2 aromatic rings. The van der Waals surface area contributed by atoms with Gasteiger partial charge in [-0.05, 0) is 75.0 Å². The van der Waals surface area contributed by atoms with Crippen LogP contribution in [0, 0.1) is 0 Å². The fraction of sp³-hybridized carbons (Fsp3) is 0.462. The van der Waals surface area contributed by atoms with Crippen LogP contribution in [0.15, 0.2) is 48.5 Å². The molecule has 2 heterocycles. The topological polar surface area (TPSA) is 88.1 Å². The second-order valence-electron chi connectivity index (χ2n) is 9.05. The molecule has 4 rings (SSSR count). The first-order chi connectivity index (χ1) is 16.4. The minimum atomic E-state index is -0.968. The summed E-state index contributed by atoms with van der Waals surface area (Å²) >= 11 is 6.11. The average molecular weight is 487 g/mol. The fourth-order valence-corrected chi connectivity index (χ4v) is 5.06. The van der Waals surface area contributed by atoms with Gasteiger partial charge in [0.15, 0.2) is 0 Å². The maximum Gasteiger partial charge on any atom is 0.335 e. The largest absolute Gasteiger partial charge is 0.489 e. The van der Waals surface area contributed by atoms with E-state index < -0.39 is 11.5 Å². The number of halogens is 1. The summed E-state index contributed by atoms with van der Waals surface area (Å²) in [5, 5.41) is 13.0. The van der Waals surface area contributed by atoms with Gasteiger partial charge in [-0.3, -0.25) is 9.69 Å². The SMILES string of the molecule is C[C@H](NC(=O)C1(N2CCC[C@H](Oc3cccc(Cl)c3)C2)CCOCC1)c1ccc(C(=O)O)cc1. The van der Waals surface area contributed by atoms with Gasteiger partial charge in [-0.25, -0.2) is 4.79 Å². The van der Waals surface area contributed by atoms with Crippen LogP contribution in [0.5, 0.6) is 5.75 Å². The normalized spacial score (nSPS) is 21.4. The molecular formula is C26H31ClN2O5. The van der Waals surface area contributed by atoms with Crippen LogP contribution in [0.1, 0.15) is 54.6 Å². The number of carboxylic acids is 1. The molecule has 0 bridgehead atoms. The summed E-state index contributed by atoms with van der Waals surface area (Å²) in [6.45, 7) is 4.46. The first-order valence-electron chi connectivity index (χ1n) is 11.8. The number of carbonyl (C=O) groups excluding carboxylic acids is 1. The van der Waals surface area contributed by atoms with Crippen molar-refractivity contribution in [2.75, 3.05) is 26.3 Å². The highest BCUT2D eigenvalue weighted by Crippen LogP contribution is 2.33. The van der Waals surface area contributed by atoms with Crippen LogP contribution in [0.25, 0.3) is 0 Å². The molecular weight excluding hydrogens is 456 g/mol. The van der Waals surface area contributed by atoms with E-state index in [0.717, 1.165) is 30.7 Å². The number of hydrogen-bond acceptors (Lipinski definition) is 5. The summed E-state index contributed by atoms with van der Waals surface area (Å²) in [5.41, 5.74) is 0.424. The molecule has 0 aromatic heterocycles. The second-order valence-corrected chi connectivity index (χ2v) is 9.49. The third-order valence-electron chi connectivity index (χ3n) is 6.83. The number of nitrogens with zero attached hydrogens (tertiary/aromatic N) is 1. The van der Waals surface area contributed by atoms with E-state index in [0.29, 0.717) is 37.6 Å².